The fourth-order valence-electron chi connectivity index (χ4n) is 3.21. The van der Waals surface area contributed by atoms with E-state index in [4.69, 9.17) is 0 Å². The van der Waals surface area contributed by atoms with Gasteiger partial charge in [0, 0.05) is 30.7 Å². The van der Waals surface area contributed by atoms with Crippen LogP contribution in [0.15, 0.2) is 0 Å². The van der Waals surface area contributed by atoms with Crippen LogP contribution in [0, 0.1) is 0 Å². The molecule has 1 heterocycles. The first-order valence-corrected chi connectivity index (χ1v) is 7.15. The molecule has 2 unspecified atom stereocenters. The highest BCUT2D eigenvalue weighted by Gasteiger charge is 2.38. The molecular weight excluding hydrogens is 196 g/mol. The van der Waals surface area contributed by atoms with Gasteiger partial charge < -0.3 is 5.32 Å². The van der Waals surface area contributed by atoms with E-state index in [1.54, 1.807) is 0 Å². The minimum atomic E-state index is 0.551. The van der Waals surface area contributed by atoms with Gasteiger partial charge in [0.25, 0.3) is 0 Å². The molecule has 94 valence electrons. The first-order valence-electron chi connectivity index (χ1n) is 7.15. The molecule has 1 saturated carbocycles. The van der Waals surface area contributed by atoms with Crippen LogP contribution in [0.1, 0.15) is 59.3 Å². The predicted molar refractivity (Wildman–Crippen MR) is 69.7 cm³/mol. The molecule has 0 bridgehead atoms. The van der Waals surface area contributed by atoms with E-state index in [0.29, 0.717) is 11.6 Å². The van der Waals surface area contributed by atoms with Gasteiger partial charge in [0.1, 0.15) is 0 Å². The molecule has 1 N–H and O–H groups in total. The van der Waals surface area contributed by atoms with Crippen molar-refractivity contribution in [1.82, 2.24) is 10.2 Å². The van der Waals surface area contributed by atoms with Gasteiger partial charge in [-0.15, -0.1) is 0 Å². The second-order valence-corrected chi connectivity index (χ2v) is 6.09. The third-order valence-electron chi connectivity index (χ3n) is 4.79. The van der Waals surface area contributed by atoms with E-state index in [2.05, 4.69) is 31.0 Å². The highest BCUT2D eigenvalue weighted by molar-refractivity contribution is 4.95. The highest BCUT2D eigenvalue weighted by atomic mass is 15.2. The van der Waals surface area contributed by atoms with Gasteiger partial charge in [-0.2, -0.15) is 0 Å². The van der Waals surface area contributed by atoms with Crippen molar-refractivity contribution in [2.45, 2.75) is 76.9 Å². The van der Waals surface area contributed by atoms with E-state index in [0.717, 1.165) is 6.04 Å². The van der Waals surface area contributed by atoms with E-state index in [9.17, 15) is 0 Å². The maximum Gasteiger partial charge on any atom is 0.0181 e. The van der Waals surface area contributed by atoms with Gasteiger partial charge in [-0.3, -0.25) is 4.90 Å². The van der Waals surface area contributed by atoms with E-state index < -0.39 is 0 Å². The Labute approximate surface area is 101 Å². The average molecular weight is 224 g/mol. The second kappa shape index (κ2) is 5.05. The zero-order chi connectivity index (χ0) is 11.6. The van der Waals surface area contributed by atoms with E-state index in [1.165, 1.54) is 51.6 Å². The largest absolute Gasteiger partial charge is 0.311 e. The molecule has 1 aliphatic heterocycles. The summed E-state index contributed by atoms with van der Waals surface area (Å²) in [7, 11) is 0. The van der Waals surface area contributed by atoms with Gasteiger partial charge in [-0.05, 0) is 52.4 Å². The fraction of sp³-hybridized carbons (Fsp3) is 1.00. The molecule has 2 atom stereocenters. The standard InChI is InChI=1S/C14H28N2/c1-4-13-7-11-16(10-6-12(2)15-13)14(3)8-5-9-14/h12-13,15H,4-11H2,1-3H3. The Balaban J connectivity index is 1.94. The lowest BCUT2D eigenvalue weighted by Gasteiger charge is -2.49. The van der Waals surface area contributed by atoms with Crippen LogP contribution in [0.3, 0.4) is 0 Å². The lowest BCUT2D eigenvalue weighted by Crippen LogP contribution is -2.55. The molecule has 0 aromatic rings. The van der Waals surface area contributed by atoms with Crippen molar-refractivity contribution in [2.75, 3.05) is 13.1 Å². The summed E-state index contributed by atoms with van der Waals surface area (Å²) in [4.78, 5) is 2.77. The highest BCUT2D eigenvalue weighted by Crippen LogP contribution is 2.37. The van der Waals surface area contributed by atoms with Crippen LogP contribution in [0.2, 0.25) is 0 Å². The van der Waals surface area contributed by atoms with Crippen molar-refractivity contribution >= 4 is 0 Å². The van der Waals surface area contributed by atoms with Crippen LogP contribution in [0.4, 0.5) is 0 Å². The molecule has 0 aromatic carbocycles. The quantitative estimate of drug-likeness (QED) is 0.776. The molecule has 16 heavy (non-hydrogen) atoms. The van der Waals surface area contributed by atoms with Crippen LogP contribution in [0.5, 0.6) is 0 Å². The Morgan fingerprint density at radius 3 is 2.50 bits per heavy atom. The average Bonchev–Trinajstić information content (AvgIpc) is 2.21. The molecule has 0 radical (unpaired) electrons. The fourth-order valence-corrected chi connectivity index (χ4v) is 3.21. The Hall–Kier alpha value is -0.0800. The molecule has 1 saturated heterocycles. The summed E-state index contributed by atoms with van der Waals surface area (Å²) in [6, 6.07) is 1.43. The zero-order valence-electron chi connectivity index (χ0n) is 11.3. The molecule has 2 rings (SSSR count). The first kappa shape index (κ1) is 12.4. The smallest absolute Gasteiger partial charge is 0.0181 e. The molecule has 1 aliphatic carbocycles. The number of nitrogens with zero attached hydrogens (tertiary/aromatic N) is 1. The normalized spacial score (nSPS) is 36.2. The topological polar surface area (TPSA) is 15.3 Å². The van der Waals surface area contributed by atoms with Crippen LogP contribution in [0.25, 0.3) is 0 Å². The lowest BCUT2D eigenvalue weighted by atomic mass is 9.76. The molecular formula is C14H28N2. The van der Waals surface area contributed by atoms with Crippen molar-refractivity contribution in [3.63, 3.8) is 0 Å². The van der Waals surface area contributed by atoms with Gasteiger partial charge in [0.2, 0.25) is 0 Å². The van der Waals surface area contributed by atoms with Crippen molar-refractivity contribution in [2.24, 2.45) is 0 Å². The number of nitrogens with one attached hydrogen (secondary N) is 1. The summed E-state index contributed by atoms with van der Waals surface area (Å²) in [6.45, 7) is 9.71. The third kappa shape index (κ3) is 2.60. The molecule has 0 spiro atoms. The minimum Gasteiger partial charge on any atom is -0.311 e. The minimum absolute atomic E-state index is 0.551. The van der Waals surface area contributed by atoms with Crippen LogP contribution >= 0.6 is 0 Å². The van der Waals surface area contributed by atoms with Crippen LogP contribution in [-0.4, -0.2) is 35.6 Å². The Kier molecular flexibility index (Phi) is 3.91. The van der Waals surface area contributed by atoms with Gasteiger partial charge >= 0.3 is 0 Å². The SMILES string of the molecule is CCC1CCN(C2(C)CCC2)CCC(C)N1. The van der Waals surface area contributed by atoms with Crippen molar-refractivity contribution in [3.05, 3.63) is 0 Å². The van der Waals surface area contributed by atoms with Gasteiger partial charge in [0.15, 0.2) is 0 Å². The maximum atomic E-state index is 3.75. The molecule has 2 heteroatoms. The van der Waals surface area contributed by atoms with Crippen LogP contribution < -0.4 is 5.32 Å². The monoisotopic (exact) mass is 224 g/mol. The summed E-state index contributed by atoms with van der Waals surface area (Å²) in [6.07, 6.45) is 8.20. The lowest BCUT2D eigenvalue weighted by molar-refractivity contribution is 0.0203. The number of hydrogen-bond acceptors (Lipinski definition) is 2. The Morgan fingerprint density at radius 2 is 1.94 bits per heavy atom. The third-order valence-corrected chi connectivity index (χ3v) is 4.79. The molecule has 0 amide bonds. The molecule has 2 aliphatic rings. The maximum absolute atomic E-state index is 3.75. The molecule has 2 nitrogen and oxygen atoms in total. The van der Waals surface area contributed by atoms with Crippen molar-refractivity contribution < 1.29 is 0 Å². The summed E-state index contributed by atoms with van der Waals surface area (Å²) in [5.41, 5.74) is 0.551. The summed E-state index contributed by atoms with van der Waals surface area (Å²) < 4.78 is 0. The zero-order valence-corrected chi connectivity index (χ0v) is 11.3. The molecule has 2 fully saturated rings. The van der Waals surface area contributed by atoms with Crippen molar-refractivity contribution in [3.8, 4) is 0 Å². The van der Waals surface area contributed by atoms with Gasteiger partial charge in [0.05, 0.1) is 0 Å². The number of rotatable bonds is 2. The van der Waals surface area contributed by atoms with E-state index in [1.807, 2.05) is 0 Å². The van der Waals surface area contributed by atoms with E-state index >= 15 is 0 Å². The van der Waals surface area contributed by atoms with Crippen molar-refractivity contribution in [1.29, 1.82) is 0 Å². The summed E-state index contributed by atoms with van der Waals surface area (Å²) in [5, 5.41) is 3.75. The van der Waals surface area contributed by atoms with Gasteiger partial charge in [-0.1, -0.05) is 6.92 Å². The van der Waals surface area contributed by atoms with Gasteiger partial charge in [-0.25, -0.2) is 0 Å². The Bertz CT molecular complexity index is 223. The predicted octanol–water partition coefficient (Wildman–Crippen LogP) is 2.78. The summed E-state index contributed by atoms with van der Waals surface area (Å²) in [5.74, 6) is 0. The van der Waals surface area contributed by atoms with E-state index in [-0.39, 0.29) is 0 Å². The van der Waals surface area contributed by atoms with Crippen LogP contribution in [-0.2, 0) is 0 Å². The Morgan fingerprint density at radius 1 is 1.25 bits per heavy atom. The summed E-state index contributed by atoms with van der Waals surface area (Å²) >= 11 is 0. The molecule has 0 aromatic heterocycles. The number of hydrogen-bond donors (Lipinski definition) is 1. The second-order valence-electron chi connectivity index (χ2n) is 6.09. The first-order chi connectivity index (χ1) is 7.64.